The quantitative estimate of drug-likeness (QED) is 0.388. The van der Waals surface area contributed by atoms with Gasteiger partial charge in [0.1, 0.15) is 11.5 Å². The number of nitrogens with zero attached hydrogens (tertiary/aromatic N) is 3. The van der Waals surface area contributed by atoms with E-state index in [0.717, 1.165) is 42.6 Å². The highest BCUT2D eigenvalue weighted by atomic mass is 16.2. The minimum absolute atomic E-state index is 0.0248. The fourth-order valence-corrected chi connectivity index (χ4v) is 4.54. The number of nitrogens with one attached hydrogen (secondary N) is 1. The lowest BCUT2D eigenvalue weighted by molar-refractivity contribution is 0.0654. The second kappa shape index (κ2) is 8.13. The van der Waals surface area contributed by atoms with Gasteiger partial charge in [-0.3, -0.25) is 10.2 Å². The van der Waals surface area contributed by atoms with Crippen molar-refractivity contribution in [2.45, 2.75) is 6.54 Å². The lowest BCUT2D eigenvalue weighted by Crippen LogP contribution is -2.47. The van der Waals surface area contributed by atoms with Crippen LogP contribution in [-0.4, -0.2) is 59.3 Å². The lowest BCUT2D eigenvalue weighted by atomic mass is 10.0. The average Bonchev–Trinajstić information content (AvgIpc) is 3.17. The summed E-state index contributed by atoms with van der Waals surface area (Å²) in [4.78, 5) is 17.8. The van der Waals surface area contributed by atoms with E-state index in [1.54, 1.807) is 0 Å². The minimum Gasteiger partial charge on any atom is -0.384 e. The molecule has 3 N–H and O–H groups in total. The molecular weight excluding hydrogens is 398 g/mol. The molecular formula is C26H27N5O. The molecule has 0 aliphatic carbocycles. The van der Waals surface area contributed by atoms with E-state index in [-0.39, 0.29) is 11.7 Å². The van der Waals surface area contributed by atoms with Crippen LogP contribution in [0.15, 0.2) is 66.7 Å². The van der Waals surface area contributed by atoms with Crippen LogP contribution in [0.5, 0.6) is 0 Å². The summed E-state index contributed by atoms with van der Waals surface area (Å²) >= 11 is 0. The molecule has 1 aromatic heterocycles. The van der Waals surface area contributed by atoms with Crippen molar-refractivity contribution in [1.82, 2.24) is 14.4 Å². The topological polar surface area (TPSA) is 78.3 Å². The van der Waals surface area contributed by atoms with Crippen molar-refractivity contribution in [3.05, 3.63) is 83.6 Å². The number of carbonyl (C=O) groups is 1. The van der Waals surface area contributed by atoms with Crippen molar-refractivity contribution < 1.29 is 4.79 Å². The normalized spacial score (nSPS) is 14.8. The number of amidine groups is 1. The van der Waals surface area contributed by atoms with Crippen molar-refractivity contribution in [3.8, 4) is 0 Å². The molecule has 32 heavy (non-hydrogen) atoms. The maximum absolute atomic E-state index is 13.6. The van der Waals surface area contributed by atoms with Crippen LogP contribution in [0, 0.1) is 5.41 Å². The zero-order chi connectivity index (χ0) is 22.2. The zero-order valence-corrected chi connectivity index (χ0v) is 18.2. The molecule has 0 atom stereocenters. The second-order valence-electron chi connectivity index (χ2n) is 8.54. The molecule has 0 unspecified atom stereocenters. The monoisotopic (exact) mass is 425 g/mol. The molecule has 3 aromatic carbocycles. The Morgan fingerprint density at radius 2 is 1.69 bits per heavy atom. The Bertz CT molecular complexity index is 1330. The highest BCUT2D eigenvalue weighted by Gasteiger charge is 2.24. The van der Waals surface area contributed by atoms with Crippen molar-refractivity contribution in [2.24, 2.45) is 5.73 Å². The predicted octanol–water partition coefficient (Wildman–Crippen LogP) is 3.51. The van der Waals surface area contributed by atoms with Crippen molar-refractivity contribution in [2.75, 3.05) is 33.2 Å². The van der Waals surface area contributed by atoms with Crippen molar-refractivity contribution in [1.29, 1.82) is 5.41 Å². The number of piperazine rings is 1. The molecule has 6 heteroatoms. The standard InChI is InChI=1S/C26H27N5O/c1-29-11-13-30(14-12-29)26(32)24-15-19-9-10-20(25(27)28)16-23(19)31(24)17-21-7-4-6-18-5-2-3-8-22(18)21/h2-10,15-16H,11-14,17H2,1H3,(H3,27,28). The SMILES string of the molecule is CN1CCN(C(=O)c2cc3ccc(C(=N)N)cc3n2Cc2cccc3ccccc23)CC1. The molecule has 6 nitrogen and oxygen atoms in total. The smallest absolute Gasteiger partial charge is 0.270 e. The summed E-state index contributed by atoms with van der Waals surface area (Å²) in [6, 6.07) is 22.3. The van der Waals surface area contributed by atoms with Gasteiger partial charge in [-0.15, -0.1) is 0 Å². The largest absolute Gasteiger partial charge is 0.384 e. The summed E-state index contributed by atoms with van der Waals surface area (Å²) in [7, 11) is 2.09. The number of rotatable bonds is 4. The number of hydrogen-bond acceptors (Lipinski definition) is 3. The fourth-order valence-electron chi connectivity index (χ4n) is 4.54. The number of aromatic nitrogens is 1. The Kier molecular flexibility index (Phi) is 5.15. The predicted molar refractivity (Wildman–Crippen MR) is 129 cm³/mol. The van der Waals surface area contributed by atoms with Gasteiger partial charge in [0.05, 0.1) is 0 Å². The van der Waals surface area contributed by atoms with Gasteiger partial charge in [0, 0.05) is 49.2 Å². The minimum atomic E-state index is 0.0248. The summed E-state index contributed by atoms with van der Waals surface area (Å²) in [5, 5.41) is 11.2. The fraction of sp³-hybridized carbons (Fsp3) is 0.231. The molecule has 1 aliphatic heterocycles. The molecule has 1 aliphatic rings. The Morgan fingerprint density at radius 1 is 0.938 bits per heavy atom. The molecule has 0 radical (unpaired) electrons. The van der Waals surface area contributed by atoms with E-state index < -0.39 is 0 Å². The zero-order valence-electron chi connectivity index (χ0n) is 18.2. The van der Waals surface area contributed by atoms with Gasteiger partial charge in [-0.05, 0) is 35.5 Å². The Labute approximate surface area is 187 Å². The number of fused-ring (bicyclic) bond motifs is 2. The number of carbonyl (C=O) groups excluding carboxylic acids is 1. The van der Waals surface area contributed by atoms with Crippen molar-refractivity contribution >= 4 is 33.4 Å². The third kappa shape index (κ3) is 3.63. The van der Waals surface area contributed by atoms with Crippen LogP contribution >= 0.6 is 0 Å². The number of nitrogens with two attached hydrogens (primary N) is 1. The third-order valence-corrected chi connectivity index (χ3v) is 6.43. The Morgan fingerprint density at radius 3 is 2.47 bits per heavy atom. The number of benzene rings is 3. The van der Waals surface area contributed by atoms with Crippen LogP contribution in [0.2, 0.25) is 0 Å². The first kappa shape index (κ1) is 20.3. The summed E-state index contributed by atoms with van der Waals surface area (Å²) in [5.74, 6) is 0.0793. The molecule has 162 valence electrons. The van der Waals surface area contributed by atoms with Gasteiger partial charge in [-0.1, -0.05) is 54.6 Å². The molecule has 1 saturated heterocycles. The van der Waals surface area contributed by atoms with Gasteiger partial charge in [0.15, 0.2) is 0 Å². The van der Waals surface area contributed by atoms with Crippen LogP contribution < -0.4 is 5.73 Å². The van der Waals surface area contributed by atoms with Crippen LogP contribution in [0.3, 0.4) is 0 Å². The van der Waals surface area contributed by atoms with Gasteiger partial charge in [-0.25, -0.2) is 0 Å². The van der Waals surface area contributed by atoms with E-state index in [1.807, 2.05) is 41.3 Å². The van der Waals surface area contributed by atoms with E-state index in [9.17, 15) is 4.79 Å². The number of nitrogen functional groups attached to an aromatic ring is 1. The molecule has 1 amide bonds. The van der Waals surface area contributed by atoms with Crippen LogP contribution in [-0.2, 0) is 6.54 Å². The number of amides is 1. The van der Waals surface area contributed by atoms with Gasteiger partial charge >= 0.3 is 0 Å². The highest BCUT2D eigenvalue weighted by Crippen LogP contribution is 2.27. The molecule has 2 heterocycles. The van der Waals surface area contributed by atoms with Gasteiger partial charge in [-0.2, -0.15) is 0 Å². The molecule has 1 fully saturated rings. The molecule has 4 aromatic rings. The summed E-state index contributed by atoms with van der Waals surface area (Å²) in [6.45, 7) is 3.78. The second-order valence-corrected chi connectivity index (χ2v) is 8.54. The maximum atomic E-state index is 13.6. The molecule has 0 saturated carbocycles. The van der Waals surface area contributed by atoms with Gasteiger partial charge in [0.25, 0.3) is 5.91 Å². The van der Waals surface area contributed by atoms with E-state index >= 15 is 0 Å². The van der Waals surface area contributed by atoms with Crippen LogP contribution in [0.1, 0.15) is 21.6 Å². The van der Waals surface area contributed by atoms with Crippen molar-refractivity contribution in [3.63, 3.8) is 0 Å². The first-order valence-electron chi connectivity index (χ1n) is 10.9. The third-order valence-electron chi connectivity index (χ3n) is 6.43. The summed E-state index contributed by atoms with van der Waals surface area (Å²) in [5.41, 5.74) is 9.19. The van der Waals surface area contributed by atoms with E-state index in [1.165, 1.54) is 10.8 Å². The van der Waals surface area contributed by atoms with Crippen LogP contribution in [0.25, 0.3) is 21.7 Å². The number of hydrogen-bond donors (Lipinski definition) is 2. The molecule has 0 bridgehead atoms. The Hall–Kier alpha value is -3.64. The molecule has 0 spiro atoms. The van der Waals surface area contributed by atoms with Crippen LogP contribution in [0.4, 0.5) is 0 Å². The maximum Gasteiger partial charge on any atom is 0.270 e. The highest BCUT2D eigenvalue weighted by molar-refractivity contribution is 6.02. The first-order chi connectivity index (χ1) is 15.5. The van der Waals surface area contributed by atoms with Gasteiger partial charge < -0.3 is 20.1 Å². The van der Waals surface area contributed by atoms with E-state index in [2.05, 4.69) is 46.8 Å². The van der Waals surface area contributed by atoms with E-state index in [4.69, 9.17) is 11.1 Å². The summed E-state index contributed by atoms with van der Waals surface area (Å²) in [6.07, 6.45) is 0. The molecule has 5 rings (SSSR count). The van der Waals surface area contributed by atoms with E-state index in [0.29, 0.717) is 17.8 Å². The number of likely N-dealkylation sites (N-methyl/N-ethyl adjacent to an activating group) is 1. The first-order valence-corrected chi connectivity index (χ1v) is 10.9. The average molecular weight is 426 g/mol. The Balaban J connectivity index is 1.64. The lowest BCUT2D eigenvalue weighted by Gasteiger charge is -2.32. The van der Waals surface area contributed by atoms with Gasteiger partial charge in [0.2, 0.25) is 0 Å². The summed E-state index contributed by atoms with van der Waals surface area (Å²) < 4.78 is 2.09.